The molecule has 0 radical (unpaired) electrons. The van der Waals surface area contributed by atoms with Crippen molar-refractivity contribution in [3.63, 3.8) is 0 Å². The molecule has 0 saturated heterocycles. The van der Waals surface area contributed by atoms with Crippen LogP contribution in [0.1, 0.15) is 36.7 Å². The lowest BCUT2D eigenvalue weighted by Crippen LogP contribution is -1.79. The first kappa shape index (κ1) is 13.0. The molecular weight excluding hydrogens is 208 g/mol. The van der Waals surface area contributed by atoms with E-state index in [0.29, 0.717) is 5.56 Å². The quantitative estimate of drug-likeness (QED) is 0.424. The standard InChI is InChI=1S/C16H16O/c1-13(2)4-5-14(3)6-7-15-8-10-16(12-17)11-9-15/h4-5,8-12H,1-3H3/b14-5+. The van der Waals surface area contributed by atoms with Gasteiger partial charge in [-0.15, -0.1) is 0 Å². The Bertz CT molecular complexity index is 501. The molecule has 0 aromatic heterocycles. The molecule has 0 spiro atoms. The summed E-state index contributed by atoms with van der Waals surface area (Å²) in [6.45, 7) is 6.08. The normalized spacial score (nSPS) is 10.2. The maximum absolute atomic E-state index is 10.5. The van der Waals surface area contributed by atoms with Crippen molar-refractivity contribution in [2.45, 2.75) is 20.8 Å². The molecule has 1 rings (SSSR count). The van der Waals surface area contributed by atoms with Crippen LogP contribution in [0.15, 0.2) is 47.6 Å². The SMILES string of the molecule is CC(C)=C/C=C(\C)C#Cc1ccc(C=O)cc1. The summed E-state index contributed by atoms with van der Waals surface area (Å²) in [5.41, 5.74) is 3.86. The van der Waals surface area contributed by atoms with Crippen molar-refractivity contribution >= 4 is 6.29 Å². The van der Waals surface area contributed by atoms with E-state index < -0.39 is 0 Å². The van der Waals surface area contributed by atoms with Gasteiger partial charge in [-0.25, -0.2) is 0 Å². The van der Waals surface area contributed by atoms with Gasteiger partial charge in [0.1, 0.15) is 6.29 Å². The van der Waals surface area contributed by atoms with Gasteiger partial charge in [-0.1, -0.05) is 41.7 Å². The minimum absolute atomic E-state index is 0.673. The average molecular weight is 224 g/mol. The van der Waals surface area contributed by atoms with Gasteiger partial charge < -0.3 is 0 Å². The molecule has 86 valence electrons. The molecule has 0 heterocycles. The zero-order valence-electron chi connectivity index (χ0n) is 10.4. The molecule has 0 amide bonds. The molecule has 0 N–H and O–H groups in total. The first-order valence-electron chi connectivity index (χ1n) is 5.51. The van der Waals surface area contributed by atoms with E-state index >= 15 is 0 Å². The number of hydrogen-bond donors (Lipinski definition) is 0. The Kier molecular flexibility index (Phi) is 4.97. The molecule has 1 aromatic carbocycles. The van der Waals surface area contributed by atoms with E-state index in [0.717, 1.165) is 17.4 Å². The van der Waals surface area contributed by atoms with Crippen molar-refractivity contribution in [1.29, 1.82) is 0 Å². The highest BCUT2D eigenvalue weighted by Gasteiger charge is 1.89. The van der Waals surface area contributed by atoms with Crippen molar-refractivity contribution in [2.75, 3.05) is 0 Å². The molecule has 0 saturated carbocycles. The van der Waals surface area contributed by atoms with Crippen LogP contribution in [0.3, 0.4) is 0 Å². The van der Waals surface area contributed by atoms with Crippen LogP contribution in [0.5, 0.6) is 0 Å². The van der Waals surface area contributed by atoms with Crippen molar-refractivity contribution < 1.29 is 4.79 Å². The monoisotopic (exact) mass is 224 g/mol. The Morgan fingerprint density at radius 1 is 1.06 bits per heavy atom. The van der Waals surface area contributed by atoms with Gasteiger partial charge in [0.05, 0.1) is 0 Å². The van der Waals surface area contributed by atoms with Gasteiger partial charge in [0.2, 0.25) is 0 Å². The largest absolute Gasteiger partial charge is 0.298 e. The van der Waals surface area contributed by atoms with Crippen molar-refractivity contribution in [1.82, 2.24) is 0 Å². The van der Waals surface area contributed by atoms with Crippen LogP contribution in [0.4, 0.5) is 0 Å². The Morgan fingerprint density at radius 2 is 1.71 bits per heavy atom. The second-order valence-corrected chi connectivity index (χ2v) is 4.08. The maximum atomic E-state index is 10.5. The lowest BCUT2D eigenvalue weighted by Gasteiger charge is -1.91. The molecule has 1 aromatic rings. The zero-order chi connectivity index (χ0) is 12.7. The van der Waals surface area contributed by atoms with Crippen molar-refractivity contribution in [2.24, 2.45) is 0 Å². The van der Waals surface area contributed by atoms with E-state index in [4.69, 9.17) is 0 Å². The van der Waals surface area contributed by atoms with Crippen LogP contribution in [-0.4, -0.2) is 6.29 Å². The summed E-state index contributed by atoms with van der Waals surface area (Å²) < 4.78 is 0. The lowest BCUT2D eigenvalue weighted by molar-refractivity contribution is 0.112. The third kappa shape index (κ3) is 4.99. The van der Waals surface area contributed by atoms with E-state index in [9.17, 15) is 4.79 Å². The highest BCUT2D eigenvalue weighted by molar-refractivity contribution is 5.74. The fraction of sp³-hybridized carbons (Fsp3) is 0.188. The Labute approximate surface area is 103 Å². The minimum Gasteiger partial charge on any atom is -0.298 e. The number of carbonyl (C=O) groups is 1. The Hall–Kier alpha value is -2.07. The first-order chi connectivity index (χ1) is 8.11. The predicted octanol–water partition coefficient (Wildman–Crippen LogP) is 3.76. The third-order valence-corrected chi connectivity index (χ3v) is 2.12. The molecule has 1 heteroatoms. The van der Waals surface area contributed by atoms with Crippen LogP contribution in [0, 0.1) is 11.8 Å². The zero-order valence-corrected chi connectivity index (χ0v) is 10.4. The highest BCUT2D eigenvalue weighted by Crippen LogP contribution is 2.01. The second kappa shape index (κ2) is 6.50. The van der Waals surface area contributed by atoms with E-state index in [-0.39, 0.29) is 0 Å². The van der Waals surface area contributed by atoms with Crippen molar-refractivity contribution in [3.8, 4) is 11.8 Å². The summed E-state index contributed by atoms with van der Waals surface area (Å²) in [7, 11) is 0. The van der Waals surface area contributed by atoms with E-state index in [1.165, 1.54) is 5.57 Å². The van der Waals surface area contributed by atoms with Crippen LogP contribution in [-0.2, 0) is 0 Å². The summed E-state index contributed by atoms with van der Waals surface area (Å²) in [6, 6.07) is 7.24. The molecule has 17 heavy (non-hydrogen) atoms. The van der Waals surface area contributed by atoms with E-state index in [2.05, 4.69) is 25.7 Å². The molecular formula is C16H16O. The fourth-order valence-electron chi connectivity index (χ4n) is 1.15. The molecule has 0 fully saturated rings. The van der Waals surface area contributed by atoms with Gasteiger partial charge in [-0.05, 0) is 38.5 Å². The van der Waals surface area contributed by atoms with Crippen LogP contribution in [0.2, 0.25) is 0 Å². The Morgan fingerprint density at radius 3 is 2.24 bits per heavy atom. The van der Waals surface area contributed by atoms with Crippen molar-refractivity contribution in [3.05, 3.63) is 58.7 Å². The molecule has 0 atom stereocenters. The molecule has 0 bridgehead atoms. The van der Waals surface area contributed by atoms with Crippen LogP contribution < -0.4 is 0 Å². The summed E-state index contributed by atoms with van der Waals surface area (Å²) in [4.78, 5) is 10.5. The van der Waals surface area contributed by atoms with Gasteiger partial charge >= 0.3 is 0 Å². The van der Waals surface area contributed by atoms with E-state index in [1.807, 2.05) is 31.2 Å². The number of hydrogen-bond acceptors (Lipinski definition) is 1. The fourth-order valence-corrected chi connectivity index (χ4v) is 1.15. The number of rotatable bonds is 2. The summed E-state index contributed by atoms with van der Waals surface area (Å²) in [6.07, 6.45) is 4.87. The smallest absolute Gasteiger partial charge is 0.150 e. The third-order valence-electron chi connectivity index (χ3n) is 2.12. The number of benzene rings is 1. The molecule has 0 unspecified atom stereocenters. The van der Waals surface area contributed by atoms with Gasteiger partial charge in [-0.3, -0.25) is 4.79 Å². The average Bonchev–Trinajstić information content (AvgIpc) is 2.34. The highest BCUT2D eigenvalue weighted by atomic mass is 16.1. The van der Waals surface area contributed by atoms with Gasteiger partial charge in [0.25, 0.3) is 0 Å². The number of allylic oxidation sites excluding steroid dienone is 4. The molecule has 0 aliphatic rings. The number of aldehydes is 1. The van der Waals surface area contributed by atoms with Gasteiger partial charge in [0, 0.05) is 11.1 Å². The molecule has 0 aliphatic heterocycles. The van der Waals surface area contributed by atoms with Crippen LogP contribution in [0.25, 0.3) is 0 Å². The minimum atomic E-state index is 0.673. The lowest BCUT2D eigenvalue weighted by atomic mass is 10.1. The first-order valence-corrected chi connectivity index (χ1v) is 5.51. The summed E-state index contributed by atoms with van der Waals surface area (Å²) in [5, 5.41) is 0. The van der Waals surface area contributed by atoms with Gasteiger partial charge in [0.15, 0.2) is 0 Å². The second-order valence-electron chi connectivity index (χ2n) is 4.08. The Balaban J connectivity index is 2.80. The van der Waals surface area contributed by atoms with Gasteiger partial charge in [-0.2, -0.15) is 0 Å². The maximum Gasteiger partial charge on any atom is 0.150 e. The van der Waals surface area contributed by atoms with E-state index in [1.54, 1.807) is 12.1 Å². The summed E-state index contributed by atoms with van der Waals surface area (Å²) in [5.74, 6) is 6.13. The predicted molar refractivity (Wildman–Crippen MR) is 71.9 cm³/mol. The molecule has 1 nitrogen and oxygen atoms in total. The van der Waals surface area contributed by atoms with Crippen LogP contribution >= 0.6 is 0 Å². The number of carbonyl (C=O) groups excluding carboxylic acids is 1. The molecule has 0 aliphatic carbocycles. The topological polar surface area (TPSA) is 17.1 Å². The summed E-state index contributed by atoms with van der Waals surface area (Å²) >= 11 is 0.